The smallest absolute Gasteiger partial charge is 0.0869 e. The standard InChI is InChI=1S/C13H12N2/c1-8-2-5-12-11(6-8)10-4-3-9(7-14)13(10)15-12/h2,5-6,9,15H,3-4H2,1H3. The van der Waals surface area contributed by atoms with Crippen LogP contribution in [0.15, 0.2) is 18.2 Å². The van der Waals surface area contributed by atoms with E-state index in [0.717, 1.165) is 18.5 Å². The highest BCUT2D eigenvalue weighted by Gasteiger charge is 2.26. The molecule has 1 heterocycles. The molecule has 2 heteroatoms. The maximum atomic E-state index is 9.02. The van der Waals surface area contributed by atoms with Crippen molar-refractivity contribution in [1.82, 2.24) is 4.98 Å². The predicted octanol–water partition coefficient (Wildman–Crippen LogP) is 3.03. The lowest BCUT2D eigenvalue weighted by Crippen LogP contribution is -1.88. The summed E-state index contributed by atoms with van der Waals surface area (Å²) < 4.78 is 0. The fourth-order valence-corrected chi connectivity index (χ4v) is 2.51. The third-order valence-electron chi connectivity index (χ3n) is 3.28. The summed E-state index contributed by atoms with van der Waals surface area (Å²) in [5.41, 5.74) is 4.97. The normalized spacial score (nSPS) is 19.1. The molecular formula is C13H12N2. The second kappa shape index (κ2) is 2.87. The molecule has 2 nitrogen and oxygen atoms in total. The summed E-state index contributed by atoms with van der Waals surface area (Å²) in [7, 11) is 0. The Labute approximate surface area is 88.5 Å². The molecule has 15 heavy (non-hydrogen) atoms. The van der Waals surface area contributed by atoms with Crippen molar-refractivity contribution in [2.45, 2.75) is 25.7 Å². The molecule has 74 valence electrons. The molecule has 0 radical (unpaired) electrons. The van der Waals surface area contributed by atoms with Crippen molar-refractivity contribution in [3.8, 4) is 6.07 Å². The SMILES string of the molecule is Cc1ccc2[nH]c3c(c2c1)CCC3C#N. The Morgan fingerprint density at radius 1 is 1.47 bits per heavy atom. The molecule has 0 aliphatic heterocycles. The zero-order valence-electron chi connectivity index (χ0n) is 8.67. The van der Waals surface area contributed by atoms with Crippen LogP contribution in [-0.4, -0.2) is 4.98 Å². The molecule has 1 aliphatic rings. The van der Waals surface area contributed by atoms with Crippen molar-refractivity contribution in [3.63, 3.8) is 0 Å². The average molecular weight is 196 g/mol. The molecule has 1 unspecified atom stereocenters. The van der Waals surface area contributed by atoms with E-state index in [1.807, 2.05) is 0 Å². The van der Waals surface area contributed by atoms with Gasteiger partial charge in [-0.2, -0.15) is 5.26 Å². The predicted molar refractivity (Wildman–Crippen MR) is 59.7 cm³/mol. The lowest BCUT2D eigenvalue weighted by Gasteiger charge is -1.96. The largest absolute Gasteiger partial charge is 0.357 e. The summed E-state index contributed by atoms with van der Waals surface area (Å²) in [4.78, 5) is 3.38. The van der Waals surface area contributed by atoms with Crippen LogP contribution >= 0.6 is 0 Å². The van der Waals surface area contributed by atoms with Crippen LogP contribution in [0.3, 0.4) is 0 Å². The number of aryl methyl sites for hydroxylation is 2. The summed E-state index contributed by atoms with van der Waals surface area (Å²) in [6.45, 7) is 2.11. The van der Waals surface area contributed by atoms with Gasteiger partial charge in [-0.15, -0.1) is 0 Å². The highest BCUT2D eigenvalue weighted by molar-refractivity contribution is 5.86. The first-order chi connectivity index (χ1) is 7.29. The number of fused-ring (bicyclic) bond motifs is 3. The van der Waals surface area contributed by atoms with Gasteiger partial charge >= 0.3 is 0 Å². The van der Waals surface area contributed by atoms with Crippen LogP contribution in [0.4, 0.5) is 0 Å². The quantitative estimate of drug-likeness (QED) is 0.691. The molecule has 0 spiro atoms. The maximum Gasteiger partial charge on any atom is 0.0869 e. The van der Waals surface area contributed by atoms with Crippen molar-refractivity contribution in [2.24, 2.45) is 0 Å². The molecule has 0 amide bonds. The van der Waals surface area contributed by atoms with Gasteiger partial charge in [-0.05, 0) is 37.5 Å². The van der Waals surface area contributed by atoms with E-state index in [1.165, 1.54) is 22.0 Å². The Bertz CT molecular complexity index is 572. The maximum absolute atomic E-state index is 9.02. The fraction of sp³-hybridized carbons (Fsp3) is 0.308. The average Bonchev–Trinajstić information content (AvgIpc) is 2.76. The minimum Gasteiger partial charge on any atom is -0.357 e. The van der Waals surface area contributed by atoms with Gasteiger partial charge < -0.3 is 4.98 Å². The monoisotopic (exact) mass is 196 g/mol. The van der Waals surface area contributed by atoms with Crippen LogP contribution in [0.1, 0.15) is 29.2 Å². The van der Waals surface area contributed by atoms with E-state index in [-0.39, 0.29) is 5.92 Å². The lowest BCUT2D eigenvalue weighted by molar-refractivity contribution is 0.810. The molecule has 1 N–H and O–H groups in total. The molecule has 1 aromatic heterocycles. The van der Waals surface area contributed by atoms with Crippen molar-refractivity contribution >= 4 is 10.9 Å². The van der Waals surface area contributed by atoms with Crippen molar-refractivity contribution in [1.29, 1.82) is 5.26 Å². The molecule has 1 aromatic carbocycles. The summed E-state index contributed by atoms with van der Waals surface area (Å²) in [6, 6.07) is 8.79. The van der Waals surface area contributed by atoms with Crippen LogP contribution in [0.2, 0.25) is 0 Å². The summed E-state index contributed by atoms with van der Waals surface area (Å²) >= 11 is 0. The van der Waals surface area contributed by atoms with Crippen LogP contribution < -0.4 is 0 Å². The van der Waals surface area contributed by atoms with E-state index in [1.54, 1.807) is 0 Å². The lowest BCUT2D eigenvalue weighted by atomic mass is 10.1. The minimum absolute atomic E-state index is 0.0766. The minimum atomic E-state index is 0.0766. The Hall–Kier alpha value is -1.75. The number of nitrogens with zero attached hydrogens (tertiary/aromatic N) is 1. The zero-order chi connectivity index (χ0) is 10.4. The number of nitrogens with one attached hydrogen (secondary N) is 1. The number of H-pyrrole nitrogens is 1. The van der Waals surface area contributed by atoms with Crippen molar-refractivity contribution < 1.29 is 0 Å². The van der Waals surface area contributed by atoms with Gasteiger partial charge in [-0.1, -0.05) is 11.6 Å². The van der Waals surface area contributed by atoms with E-state index >= 15 is 0 Å². The second-order valence-electron chi connectivity index (χ2n) is 4.29. The Morgan fingerprint density at radius 2 is 2.33 bits per heavy atom. The van der Waals surface area contributed by atoms with Crippen LogP contribution in [0.25, 0.3) is 10.9 Å². The van der Waals surface area contributed by atoms with E-state index < -0.39 is 0 Å². The number of hydrogen-bond donors (Lipinski definition) is 1. The molecule has 0 bridgehead atoms. The van der Waals surface area contributed by atoms with E-state index in [4.69, 9.17) is 5.26 Å². The molecule has 2 aromatic rings. The van der Waals surface area contributed by atoms with Crippen LogP contribution in [-0.2, 0) is 6.42 Å². The third kappa shape index (κ3) is 1.10. The molecular weight excluding hydrogens is 184 g/mol. The van der Waals surface area contributed by atoms with Gasteiger partial charge in [0.25, 0.3) is 0 Å². The highest BCUT2D eigenvalue weighted by atomic mass is 14.7. The fourth-order valence-electron chi connectivity index (χ4n) is 2.51. The topological polar surface area (TPSA) is 39.6 Å². The number of nitriles is 1. The second-order valence-corrected chi connectivity index (χ2v) is 4.29. The van der Waals surface area contributed by atoms with E-state index in [0.29, 0.717) is 0 Å². The molecule has 0 saturated heterocycles. The van der Waals surface area contributed by atoms with Crippen LogP contribution in [0.5, 0.6) is 0 Å². The number of rotatable bonds is 0. The third-order valence-corrected chi connectivity index (χ3v) is 3.28. The molecule has 0 fully saturated rings. The highest BCUT2D eigenvalue weighted by Crippen LogP contribution is 2.37. The molecule has 3 rings (SSSR count). The first-order valence-electron chi connectivity index (χ1n) is 5.30. The van der Waals surface area contributed by atoms with Crippen LogP contribution in [0, 0.1) is 18.3 Å². The van der Waals surface area contributed by atoms with Gasteiger partial charge in [0.15, 0.2) is 0 Å². The van der Waals surface area contributed by atoms with E-state index in [2.05, 4.69) is 36.2 Å². The summed E-state index contributed by atoms with van der Waals surface area (Å²) in [5, 5.41) is 10.3. The van der Waals surface area contributed by atoms with Gasteiger partial charge in [0.1, 0.15) is 0 Å². The number of aromatic nitrogens is 1. The number of hydrogen-bond acceptors (Lipinski definition) is 1. The Balaban J connectivity index is 2.31. The van der Waals surface area contributed by atoms with Crippen molar-refractivity contribution in [2.75, 3.05) is 0 Å². The Kier molecular flexibility index (Phi) is 1.63. The molecule has 1 aliphatic carbocycles. The van der Waals surface area contributed by atoms with E-state index in [9.17, 15) is 0 Å². The van der Waals surface area contributed by atoms with Gasteiger partial charge in [0, 0.05) is 16.6 Å². The van der Waals surface area contributed by atoms with Gasteiger partial charge in [0.2, 0.25) is 0 Å². The summed E-state index contributed by atoms with van der Waals surface area (Å²) in [5.74, 6) is 0.0766. The first-order valence-corrected chi connectivity index (χ1v) is 5.30. The number of benzene rings is 1. The molecule has 0 saturated carbocycles. The van der Waals surface area contributed by atoms with Gasteiger partial charge in [-0.3, -0.25) is 0 Å². The van der Waals surface area contributed by atoms with Crippen molar-refractivity contribution in [3.05, 3.63) is 35.0 Å². The zero-order valence-corrected chi connectivity index (χ0v) is 8.67. The van der Waals surface area contributed by atoms with Gasteiger partial charge in [-0.25, -0.2) is 0 Å². The Morgan fingerprint density at radius 3 is 3.13 bits per heavy atom. The first kappa shape index (κ1) is 8.55. The number of aromatic amines is 1. The van der Waals surface area contributed by atoms with Gasteiger partial charge in [0.05, 0.1) is 12.0 Å². The molecule has 1 atom stereocenters. The summed E-state index contributed by atoms with van der Waals surface area (Å²) in [6.07, 6.45) is 2.01.